The Morgan fingerprint density at radius 1 is 1.07 bits per heavy atom. The minimum absolute atomic E-state index is 0.163. The van der Waals surface area contributed by atoms with Gasteiger partial charge in [0.25, 0.3) is 0 Å². The molecule has 0 N–H and O–H groups in total. The van der Waals surface area contributed by atoms with E-state index in [1.54, 1.807) is 29.0 Å². The van der Waals surface area contributed by atoms with Crippen LogP contribution in [0, 0.1) is 5.82 Å². The van der Waals surface area contributed by atoms with Crippen molar-refractivity contribution in [3.63, 3.8) is 0 Å². The van der Waals surface area contributed by atoms with Gasteiger partial charge in [-0.05, 0) is 55.7 Å². The van der Waals surface area contributed by atoms with E-state index in [1.807, 2.05) is 18.2 Å². The van der Waals surface area contributed by atoms with Crippen LogP contribution in [0.5, 0.6) is 0 Å². The third-order valence-electron chi connectivity index (χ3n) is 4.93. The second kappa shape index (κ2) is 8.25. The van der Waals surface area contributed by atoms with Gasteiger partial charge in [0.05, 0.1) is 23.5 Å². The number of rotatable bonds is 5. The zero-order chi connectivity index (χ0) is 20.3. The SMILES string of the molecule is Fc1ccn2nc(-c3ccnc(-c4cccc(COC5CCCCO5)n4)n3)cc2c1. The van der Waals surface area contributed by atoms with Crippen molar-refractivity contribution < 1.29 is 13.9 Å². The molecule has 7 nitrogen and oxygen atoms in total. The summed E-state index contributed by atoms with van der Waals surface area (Å²) in [6.45, 7) is 1.12. The summed E-state index contributed by atoms with van der Waals surface area (Å²) in [5, 5.41) is 4.46. The highest BCUT2D eigenvalue weighted by Gasteiger charge is 2.15. The van der Waals surface area contributed by atoms with Crippen LogP contribution in [0.2, 0.25) is 0 Å². The monoisotopic (exact) mass is 405 g/mol. The van der Waals surface area contributed by atoms with Gasteiger partial charge in [-0.25, -0.2) is 23.9 Å². The minimum Gasteiger partial charge on any atom is -0.353 e. The second-order valence-electron chi connectivity index (χ2n) is 7.13. The van der Waals surface area contributed by atoms with Crippen LogP contribution >= 0.6 is 0 Å². The van der Waals surface area contributed by atoms with E-state index in [1.165, 1.54) is 12.1 Å². The molecule has 152 valence electrons. The first kappa shape index (κ1) is 18.8. The number of fused-ring (bicyclic) bond motifs is 1. The van der Waals surface area contributed by atoms with Crippen LogP contribution in [0.3, 0.4) is 0 Å². The van der Waals surface area contributed by atoms with Crippen LogP contribution in [-0.4, -0.2) is 37.5 Å². The maximum Gasteiger partial charge on any atom is 0.178 e. The summed E-state index contributed by atoms with van der Waals surface area (Å²) < 4.78 is 26.5. The Kier molecular flexibility index (Phi) is 5.17. The normalized spacial score (nSPS) is 16.8. The molecule has 0 aliphatic carbocycles. The molecule has 1 aliphatic heterocycles. The van der Waals surface area contributed by atoms with Gasteiger partial charge in [-0.15, -0.1) is 0 Å². The van der Waals surface area contributed by atoms with Gasteiger partial charge in [-0.3, -0.25) is 0 Å². The summed E-state index contributed by atoms with van der Waals surface area (Å²) in [6, 6.07) is 12.0. The quantitative estimate of drug-likeness (QED) is 0.499. The molecule has 0 spiro atoms. The summed E-state index contributed by atoms with van der Waals surface area (Å²) in [7, 11) is 0. The Morgan fingerprint density at radius 2 is 2.03 bits per heavy atom. The van der Waals surface area contributed by atoms with Crippen LogP contribution in [0.4, 0.5) is 4.39 Å². The maximum atomic E-state index is 13.5. The highest BCUT2D eigenvalue weighted by molar-refractivity contribution is 5.64. The summed E-state index contributed by atoms with van der Waals surface area (Å²) in [5.41, 5.74) is 3.38. The smallest absolute Gasteiger partial charge is 0.178 e. The first-order valence-electron chi connectivity index (χ1n) is 9.92. The number of nitrogens with zero attached hydrogens (tertiary/aromatic N) is 5. The fraction of sp³-hybridized carbons (Fsp3) is 0.273. The Bertz CT molecular complexity index is 1170. The fourth-order valence-corrected chi connectivity index (χ4v) is 3.42. The molecule has 1 atom stereocenters. The van der Waals surface area contributed by atoms with Crippen molar-refractivity contribution >= 4 is 5.52 Å². The number of hydrogen-bond acceptors (Lipinski definition) is 6. The van der Waals surface area contributed by atoms with E-state index in [-0.39, 0.29) is 12.1 Å². The van der Waals surface area contributed by atoms with Gasteiger partial charge in [0.15, 0.2) is 12.1 Å². The van der Waals surface area contributed by atoms with Crippen molar-refractivity contribution in [1.82, 2.24) is 24.6 Å². The van der Waals surface area contributed by atoms with Crippen molar-refractivity contribution in [3.8, 4) is 22.9 Å². The van der Waals surface area contributed by atoms with E-state index in [4.69, 9.17) is 9.47 Å². The van der Waals surface area contributed by atoms with Gasteiger partial charge < -0.3 is 9.47 Å². The summed E-state index contributed by atoms with van der Waals surface area (Å²) >= 11 is 0. The Morgan fingerprint density at radius 3 is 2.93 bits per heavy atom. The number of halogens is 1. The molecule has 1 fully saturated rings. The van der Waals surface area contributed by atoms with Crippen LogP contribution in [0.15, 0.2) is 54.9 Å². The average molecular weight is 405 g/mol. The minimum atomic E-state index is -0.306. The van der Waals surface area contributed by atoms with Crippen molar-refractivity contribution in [1.29, 1.82) is 0 Å². The van der Waals surface area contributed by atoms with Crippen molar-refractivity contribution in [2.24, 2.45) is 0 Å². The molecule has 0 saturated carbocycles. The van der Waals surface area contributed by atoms with Crippen LogP contribution < -0.4 is 0 Å². The van der Waals surface area contributed by atoms with Crippen LogP contribution in [0.1, 0.15) is 25.0 Å². The molecular formula is C22H20FN5O2. The van der Waals surface area contributed by atoms with Crippen LogP contribution in [-0.2, 0) is 16.1 Å². The molecule has 30 heavy (non-hydrogen) atoms. The van der Waals surface area contributed by atoms with Gasteiger partial charge in [-0.2, -0.15) is 5.10 Å². The van der Waals surface area contributed by atoms with E-state index in [9.17, 15) is 4.39 Å². The lowest BCUT2D eigenvalue weighted by molar-refractivity contribution is -0.169. The van der Waals surface area contributed by atoms with Gasteiger partial charge in [0.1, 0.15) is 17.2 Å². The lowest BCUT2D eigenvalue weighted by atomic mass is 10.2. The van der Waals surface area contributed by atoms with Gasteiger partial charge in [0, 0.05) is 19.0 Å². The molecule has 1 aliphatic rings. The van der Waals surface area contributed by atoms with E-state index in [2.05, 4.69) is 20.1 Å². The van der Waals surface area contributed by atoms with Gasteiger partial charge >= 0.3 is 0 Å². The zero-order valence-electron chi connectivity index (χ0n) is 16.2. The fourth-order valence-electron chi connectivity index (χ4n) is 3.42. The van der Waals surface area contributed by atoms with Gasteiger partial charge in [0.2, 0.25) is 0 Å². The second-order valence-corrected chi connectivity index (χ2v) is 7.13. The first-order valence-corrected chi connectivity index (χ1v) is 9.92. The predicted octanol–water partition coefficient (Wildman–Crippen LogP) is 4.04. The predicted molar refractivity (Wildman–Crippen MR) is 108 cm³/mol. The molecule has 1 saturated heterocycles. The Hall–Kier alpha value is -3.23. The zero-order valence-corrected chi connectivity index (χ0v) is 16.2. The molecule has 0 amide bonds. The van der Waals surface area contributed by atoms with Gasteiger partial charge in [-0.1, -0.05) is 6.07 Å². The Labute approximate surface area is 172 Å². The maximum absolute atomic E-state index is 13.5. The molecular weight excluding hydrogens is 385 g/mol. The molecule has 5 rings (SSSR count). The number of hydrogen-bond donors (Lipinski definition) is 0. The first-order chi connectivity index (χ1) is 14.7. The van der Waals surface area contributed by atoms with Crippen molar-refractivity contribution in [3.05, 3.63) is 66.4 Å². The number of pyridine rings is 2. The standard InChI is InChI=1S/C22H20FN5O2/c23-15-8-10-28-17(12-15)13-20(27-28)18-7-9-24-22(26-18)19-5-3-4-16(25-19)14-30-21-6-1-2-11-29-21/h3-5,7-10,12-13,21H,1-2,6,11,14H2. The molecule has 0 radical (unpaired) electrons. The molecule has 1 unspecified atom stereocenters. The van der Waals surface area contributed by atoms with E-state index >= 15 is 0 Å². The number of aromatic nitrogens is 5. The average Bonchev–Trinajstić information content (AvgIpc) is 3.22. The third kappa shape index (κ3) is 4.05. The molecule has 0 aromatic carbocycles. The largest absolute Gasteiger partial charge is 0.353 e. The Balaban J connectivity index is 1.38. The number of ether oxygens (including phenoxy) is 2. The molecule has 4 aromatic rings. The topological polar surface area (TPSA) is 74.4 Å². The van der Waals surface area contributed by atoms with Crippen molar-refractivity contribution in [2.45, 2.75) is 32.2 Å². The summed E-state index contributed by atoms with van der Waals surface area (Å²) in [4.78, 5) is 13.6. The highest BCUT2D eigenvalue weighted by Crippen LogP contribution is 2.21. The third-order valence-corrected chi connectivity index (χ3v) is 4.93. The molecule has 0 bridgehead atoms. The lowest BCUT2D eigenvalue weighted by Gasteiger charge is -2.22. The molecule has 8 heteroatoms. The van der Waals surface area contributed by atoms with E-state index in [0.29, 0.717) is 35.0 Å². The lowest BCUT2D eigenvalue weighted by Crippen LogP contribution is -2.22. The summed E-state index contributed by atoms with van der Waals surface area (Å²) in [5.74, 6) is 0.186. The van der Waals surface area contributed by atoms with E-state index in [0.717, 1.165) is 31.6 Å². The molecule has 5 heterocycles. The van der Waals surface area contributed by atoms with Crippen LogP contribution in [0.25, 0.3) is 28.4 Å². The summed E-state index contributed by atoms with van der Waals surface area (Å²) in [6.07, 6.45) is 6.20. The van der Waals surface area contributed by atoms with E-state index < -0.39 is 0 Å². The molecule has 4 aromatic heterocycles. The highest BCUT2D eigenvalue weighted by atomic mass is 19.1. The van der Waals surface area contributed by atoms with Crippen molar-refractivity contribution in [2.75, 3.05) is 6.61 Å².